The van der Waals surface area contributed by atoms with Crippen molar-refractivity contribution < 1.29 is 9.53 Å². The molecule has 7 nitrogen and oxygen atoms in total. The topological polar surface area (TPSA) is 117 Å². The normalized spacial score (nSPS) is 11.1. The summed E-state index contributed by atoms with van der Waals surface area (Å²) in [5.41, 5.74) is 9.09. The molecule has 0 aliphatic heterocycles. The van der Waals surface area contributed by atoms with Crippen LogP contribution in [0.25, 0.3) is 5.70 Å². The number of imidazole rings is 1. The number of ether oxygens (including phenoxy) is 1. The van der Waals surface area contributed by atoms with Crippen LogP contribution >= 0.6 is 0 Å². The first kappa shape index (κ1) is 17.9. The van der Waals surface area contributed by atoms with Gasteiger partial charge in [-0.2, -0.15) is 0 Å². The summed E-state index contributed by atoms with van der Waals surface area (Å²) < 4.78 is 5.37. The van der Waals surface area contributed by atoms with E-state index in [1.165, 1.54) is 19.6 Å². The summed E-state index contributed by atoms with van der Waals surface area (Å²) in [6.07, 6.45) is 4.44. The van der Waals surface area contributed by atoms with Crippen molar-refractivity contribution in [3.8, 4) is 5.75 Å². The molecule has 0 atom stereocenters. The fraction of sp³-hybridized carbons (Fsp3) is 0.0500. The fourth-order valence-corrected chi connectivity index (χ4v) is 2.52. The molecule has 3 rings (SSSR count). The van der Waals surface area contributed by atoms with Gasteiger partial charge in [-0.05, 0) is 29.8 Å². The number of nitrogens with one attached hydrogen (secondary N) is 3. The third-order valence-corrected chi connectivity index (χ3v) is 3.90. The Bertz CT molecular complexity index is 979. The summed E-state index contributed by atoms with van der Waals surface area (Å²) in [6, 6.07) is 14.4. The zero-order valence-corrected chi connectivity index (χ0v) is 14.7. The van der Waals surface area contributed by atoms with Crippen LogP contribution in [0, 0.1) is 5.41 Å². The van der Waals surface area contributed by atoms with Crippen molar-refractivity contribution >= 4 is 23.0 Å². The molecule has 0 bridgehead atoms. The Labute approximate surface area is 156 Å². The molecule has 0 radical (unpaired) electrons. The maximum absolute atomic E-state index is 12.2. The van der Waals surface area contributed by atoms with Gasteiger partial charge in [-0.25, -0.2) is 4.98 Å². The second-order valence-electron chi connectivity index (χ2n) is 5.71. The molecule has 1 aromatic heterocycles. The summed E-state index contributed by atoms with van der Waals surface area (Å²) in [7, 11) is 1.54. The molecule has 136 valence electrons. The SMILES string of the molecule is COc1ccc(NC(=O)c2cnc[nH]2)cc1/C(N)=C/C(=N)c1ccccc1. The molecule has 7 heteroatoms. The predicted molar refractivity (Wildman–Crippen MR) is 105 cm³/mol. The van der Waals surface area contributed by atoms with Crippen molar-refractivity contribution in [2.24, 2.45) is 5.73 Å². The number of hydrogen-bond acceptors (Lipinski definition) is 5. The molecular formula is C20H19N5O2. The summed E-state index contributed by atoms with van der Waals surface area (Å²) in [5, 5.41) is 11.0. The van der Waals surface area contributed by atoms with Crippen LogP contribution in [0.15, 0.2) is 67.1 Å². The van der Waals surface area contributed by atoms with E-state index in [1.54, 1.807) is 24.3 Å². The first-order valence-electron chi connectivity index (χ1n) is 8.17. The van der Waals surface area contributed by atoms with E-state index in [2.05, 4.69) is 15.3 Å². The number of nitrogens with zero attached hydrogens (tertiary/aromatic N) is 1. The lowest BCUT2D eigenvalue weighted by Crippen LogP contribution is -2.13. The van der Waals surface area contributed by atoms with Gasteiger partial charge in [-0.15, -0.1) is 0 Å². The Balaban J connectivity index is 1.88. The molecule has 0 aliphatic rings. The number of aromatic nitrogens is 2. The Morgan fingerprint density at radius 3 is 2.70 bits per heavy atom. The van der Waals surface area contributed by atoms with Crippen molar-refractivity contribution in [1.82, 2.24) is 9.97 Å². The molecule has 27 heavy (non-hydrogen) atoms. The molecule has 3 aromatic rings. The molecule has 0 aliphatic carbocycles. The van der Waals surface area contributed by atoms with Crippen molar-refractivity contribution in [3.05, 3.63) is 84.0 Å². The number of H-pyrrole nitrogens is 1. The van der Waals surface area contributed by atoms with Crippen LogP contribution in [0.3, 0.4) is 0 Å². The first-order valence-corrected chi connectivity index (χ1v) is 8.17. The fourth-order valence-electron chi connectivity index (χ4n) is 2.52. The summed E-state index contributed by atoms with van der Waals surface area (Å²) >= 11 is 0. The highest BCUT2D eigenvalue weighted by Crippen LogP contribution is 2.27. The molecule has 1 amide bonds. The van der Waals surface area contributed by atoms with Crippen molar-refractivity contribution in [3.63, 3.8) is 0 Å². The number of anilines is 1. The number of methoxy groups -OCH3 is 1. The third-order valence-electron chi connectivity index (χ3n) is 3.90. The minimum Gasteiger partial charge on any atom is -0.496 e. The molecule has 0 unspecified atom stereocenters. The van der Waals surface area contributed by atoms with Crippen molar-refractivity contribution in [2.45, 2.75) is 0 Å². The third kappa shape index (κ3) is 4.21. The average Bonchev–Trinajstić information content (AvgIpc) is 3.23. The van der Waals surface area contributed by atoms with E-state index in [9.17, 15) is 4.79 Å². The highest BCUT2D eigenvalue weighted by Gasteiger charge is 2.12. The molecule has 0 spiro atoms. The Morgan fingerprint density at radius 2 is 2.04 bits per heavy atom. The Hall–Kier alpha value is -3.87. The maximum atomic E-state index is 12.2. The van der Waals surface area contributed by atoms with Gasteiger partial charge in [0, 0.05) is 16.9 Å². The largest absolute Gasteiger partial charge is 0.496 e. The second kappa shape index (κ2) is 8.01. The van der Waals surface area contributed by atoms with Crippen LogP contribution < -0.4 is 15.8 Å². The summed E-state index contributed by atoms with van der Waals surface area (Å²) in [4.78, 5) is 18.8. The molecule has 0 saturated carbocycles. The smallest absolute Gasteiger partial charge is 0.273 e. The number of carbonyl (C=O) groups is 1. The van der Waals surface area contributed by atoms with Crippen LogP contribution in [-0.2, 0) is 0 Å². The van der Waals surface area contributed by atoms with Gasteiger partial charge in [-0.3, -0.25) is 4.79 Å². The molecule has 1 heterocycles. The number of hydrogen-bond donors (Lipinski definition) is 4. The Morgan fingerprint density at radius 1 is 1.26 bits per heavy atom. The minimum atomic E-state index is -0.316. The lowest BCUT2D eigenvalue weighted by Gasteiger charge is -2.12. The van der Waals surface area contributed by atoms with Crippen LogP contribution in [-0.4, -0.2) is 28.7 Å². The van der Waals surface area contributed by atoms with Gasteiger partial charge >= 0.3 is 0 Å². The van der Waals surface area contributed by atoms with E-state index in [4.69, 9.17) is 15.9 Å². The highest BCUT2D eigenvalue weighted by atomic mass is 16.5. The standard InChI is InChI=1S/C20H19N5O2/c1-27-19-8-7-14(25-20(26)18-11-23-12-24-18)9-15(19)17(22)10-16(21)13-5-3-2-4-6-13/h2-12,21H,22H2,1H3,(H,23,24)(H,25,26)/b17-10-,21-16?. The van der Waals surface area contributed by atoms with E-state index >= 15 is 0 Å². The van der Waals surface area contributed by atoms with E-state index in [0.29, 0.717) is 28.4 Å². The number of benzene rings is 2. The van der Waals surface area contributed by atoms with Crippen LogP contribution in [0.2, 0.25) is 0 Å². The summed E-state index contributed by atoms with van der Waals surface area (Å²) in [6.45, 7) is 0. The monoisotopic (exact) mass is 361 g/mol. The zero-order valence-electron chi connectivity index (χ0n) is 14.7. The minimum absolute atomic E-state index is 0.280. The van der Waals surface area contributed by atoms with Gasteiger partial charge < -0.3 is 26.2 Å². The van der Waals surface area contributed by atoms with Gasteiger partial charge in [0.25, 0.3) is 5.91 Å². The Kier molecular flexibility index (Phi) is 5.32. The molecule has 2 aromatic carbocycles. The second-order valence-corrected chi connectivity index (χ2v) is 5.71. The summed E-state index contributed by atoms with van der Waals surface area (Å²) in [5.74, 6) is 0.229. The van der Waals surface area contributed by atoms with Gasteiger partial charge in [0.05, 0.1) is 25.3 Å². The number of carbonyl (C=O) groups excluding carboxylic acids is 1. The van der Waals surface area contributed by atoms with Crippen molar-refractivity contribution in [2.75, 3.05) is 12.4 Å². The number of nitrogens with two attached hydrogens (primary N) is 1. The van der Waals surface area contributed by atoms with E-state index < -0.39 is 0 Å². The van der Waals surface area contributed by atoms with Gasteiger partial charge in [0.2, 0.25) is 0 Å². The average molecular weight is 361 g/mol. The van der Waals surface area contributed by atoms with Gasteiger partial charge in [0.1, 0.15) is 11.4 Å². The molecular weight excluding hydrogens is 342 g/mol. The van der Waals surface area contributed by atoms with Gasteiger partial charge in [-0.1, -0.05) is 30.3 Å². The first-order chi connectivity index (χ1) is 13.1. The van der Waals surface area contributed by atoms with E-state index in [1.807, 2.05) is 30.3 Å². The quantitative estimate of drug-likeness (QED) is 0.505. The van der Waals surface area contributed by atoms with E-state index in [0.717, 1.165) is 5.56 Å². The lowest BCUT2D eigenvalue weighted by atomic mass is 10.0. The van der Waals surface area contributed by atoms with E-state index in [-0.39, 0.29) is 11.6 Å². The predicted octanol–water partition coefficient (Wildman–Crippen LogP) is 3.04. The molecule has 0 saturated heterocycles. The number of rotatable bonds is 6. The van der Waals surface area contributed by atoms with Crippen LogP contribution in [0.4, 0.5) is 5.69 Å². The van der Waals surface area contributed by atoms with Crippen molar-refractivity contribution in [1.29, 1.82) is 5.41 Å². The van der Waals surface area contributed by atoms with Crippen LogP contribution in [0.1, 0.15) is 21.6 Å². The highest BCUT2D eigenvalue weighted by molar-refractivity contribution is 6.10. The number of aromatic amines is 1. The zero-order chi connectivity index (χ0) is 19.2. The van der Waals surface area contributed by atoms with Gasteiger partial charge in [0.15, 0.2) is 0 Å². The maximum Gasteiger partial charge on any atom is 0.273 e. The lowest BCUT2D eigenvalue weighted by molar-refractivity contribution is 0.102. The number of allylic oxidation sites excluding steroid dienone is 1. The molecule has 5 N–H and O–H groups in total. The van der Waals surface area contributed by atoms with Crippen LogP contribution in [0.5, 0.6) is 5.75 Å². The number of amides is 1. The molecule has 0 fully saturated rings.